The Labute approximate surface area is 122 Å². The van der Waals surface area contributed by atoms with Crippen molar-refractivity contribution in [2.24, 2.45) is 11.8 Å². The maximum atomic E-state index is 13.1. The molecule has 3 unspecified atom stereocenters. The zero-order valence-electron chi connectivity index (χ0n) is 12.2. The molecule has 21 heavy (non-hydrogen) atoms. The van der Waals surface area contributed by atoms with Gasteiger partial charge in [-0.3, -0.25) is 4.68 Å². The monoisotopic (exact) mass is 305 g/mol. The molecule has 0 aliphatic heterocycles. The van der Waals surface area contributed by atoms with Crippen molar-refractivity contribution in [1.29, 1.82) is 0 Å². The normalized spacial score (nSPS) is 25.0. The van der Waals surface area contributed by atoms with Gasteiger partial charge < -0.3 is 5.11 Å². The van der Waals surface area contributed by atoms with Crippen molar-refractivity contribution in [3.63, 3.8) is 0 Å². The molecular formula is C14H22F3N3O. The number of nitrogens with zero attached hydrogens (tertiary/aromatic N) is 3. The Hall–Kier alpha value is -1.11. The molecule has 1 heterocycles. The molecule has 1 aromatic heterocycles. The van der Waals surface area contributed by atoms with E-state index in [-0.39, 0.29) is 12.8 Å². The first-order valence-corrected chi connectivity index (χ1v) is 7.55. The third-order valence-electron chi connectivity index (χ3n) is 4.26. The molecule has 4 nitrogen and oxygen atoms in total. The fourth-order valence-corrected chi connectivity index (χ4v) is 3.21. The van der Waals surface area contributed by atoms with Gasteiger partial charge in [-0.25, -0.2) is 4.98 Å². The second-order valence-electron chi connectivity index (χ2n) is 5.77. The van der Waals surface area contributed by atoms with Crippen molar-refractivity contribution in [2.45, 2.75) is 64.3 Å². The van der Waals surface area contributed by atoms with Gasteiger partial charge in [0.2, 0.25) is 0 Å². The molecule has 2 rings (SSSR count). The Kier molecular flexibility index (Phi) is 5.24. The summed E-state index contributed by atoms with van der Waals surface area (Å²) in [5, 5.41) is 14.3. The summed E-state index contributed by atoms with van der Waals surface area (Å²) in [7, 11) is 0. The van der Waals surface area contributed by atoms with Gasteiger partial charge in [0.15, 0.2) is 0 Å². The zero-order valence-corrected chi connectivity index (χ0v) is 12.2. The molecule has 1 N–H and O–H groups in total. The van der Waals surface area contributed by atoms with Crippen LogP contribution in [-0.4, -0.2) is 32.2 Å². The van der Waals surface area contributed by atoms with Gasteiger partial charge in [-0.1, -0.05) is 19.8 Å². The summed E-state index contributed by atoms with van der Waals surface area (Å²) in [4.78, 5) is 4.07. The Morgan fingerprint density at radius 2 is 2.10 bits per heavy atom. The average molecular weight is 305 g/mol. The molecule has 0 aromatic carbocycles. The summed E-state index contributed by atoms with van der Waals surface area (Å²) in [6.45, 7) is 2.65. The Morgan fingerprint density at radius 1 is 1.38 bits per heavy atom. The minimum absolute atomic E-state index is 0.118. The molecule has 1 aliphatic carbocycles. The highest BCUT2D eigenvalue weighted by atomic mass is 19.4. The summed E-state index contributed by atoms with van der Waals surface area (Å²) < 4.78 is 40.9. The van der Waals surface area contributed by atoms with Crippen molar-refractivity contribution in [1.82, 2.24) is 14.8 Å². The van der Waals surface area contributed by atoms with Gasteiger partial charge in [-0.05, 0) is 25.2 Å². The highest BCUT2D eigenvalue weighted by Crippen LogP contribution is 2.43. The molecule has 0 amide bonds. The first-order valence-electron chi connectivity index (χ1n) is 7.55. The molecule has 1 aliphatic rings. The molecule has 3 atom stereocenters. The molecule has 120 valence electrons. The minimum Gasteiger partial charge on any atom is -0.392 e. The molecular weight excluding hydrogens is 283 g/mol. The van der Waals surface area contributed by atoms with Crippen molar-refractivity contribution < 1.29 is 18.3 Å². The van der Waals surface area contributed by atoms with Gasteiger partial charge in [-0.2, -0.15) is 18.3 Å². The van der Waals surface area contributed by atoms with E-state index in [9.17, 15) is 18.3 Å². The summed E-state index contributed by atoms with van der Waals surface area (Å²) in [6, 6.07) is 0. The van der Waals surface area contributed by atoms with E-state index in [1.165, 1.54) is 6.33 Å². The maximum absolute atomic E-state index is 13.1. The molecule has 1 aromatic rings. The van der Waals surface area contributed by atoms with Gasteiger partial charge in [0.05, 0.1) is 12.0 Å². The molecule has 7 heteroatoms. The van der Waals surface area contributed by atoms with Crippen LogP contribution in [0, 0.1) is 11.8 Å². The lowest BCUT2D eigenvalue weighted by Crippen LogP contribution is -2.40. The highest BCUT2D eigenvalue weighted by molar-refractivity contribution is 4.93. The fraction of sp³-hybridized carbons (Fsp3) is 0.857. The Morgan fingerprint density at radius 3 is 2.76 bits per heavy atom. The standard InChI is InChI=1S/C14H22F3N3O/c1-2-7-20-13(18-9-19-20)8-12(21)10-5-3-4-6-11(10)14(15,16)17/h9-12,21H,2-8H2,1H3. The quantitative estimate of drug-likeness (QED) is 0.910. The number of hydrogen-bond donors (Lipinski definition) is 1. The second-order valence-corrected chi connectivity index (χ2v) is 5.77. The molecule has 1 saturated carbocycles. The molecule has 0 radical (unpaired) electrons. The smallest absolute Gasteiger partial charge is 0.392 e. The van der Waals surface area contributed by atoms with Crippen molar-refractivity contribution >= 4 is 0 Å². The predicted molar refractivity (Wildman–Crippen MR) is 71.5 cm³/mol. The van der Waals surface area contributed by atoms with Gasteiger partial charge >= 0.3 is 6.18 Å². The lowest BCUT2D eigenvalue weighted by atomic mass is 9.75. The van der Waals surface area contributed by atoms with Gasteiger partial charge in [0, 0.05) is 13.0 Å². The maximum Gasteiger partial charge on any atom is 0.392 e. The van der Waals surface area contributed by atoms with E-state index >= 15 is 0 Å². The number of alkyl halides is 3. The molecule has 1 fully saturated rings. The van der Waals surface area contributed by atoms with Crippen molar-refractivity contribution in [3.8, 4) is 0 Å². The predicted octanol–water partition coefficient (Wildman–Crippen LogP) is 2.96. The number of aromatic nitrogens is 3. The SMILES string of the molecule is CCCn1ncnc1CC(O)C1CCCCC1C(F)(F)F. The Bertz CT molecular complexity index is 447. The number of aryl methyl sites for hydroxylation is 1. The van der Waals surface area contributed by atoms with E-state index < -0.39 is 24.1 Å². The molecule has 0 bridgehead atoms. The number of rotatable bonds is 5. The van der Waals surface area contributed by atoms with Crippen LogP contribution in [0.1, 0.15) is 44.9 Å². The van der Waals surface area contributed by atoms with Gasteiger partial charge in [0.1, 0.15) is 12.2 Å². The van der Waals surface area contributed by atoms with E-state index in [4.69, 9.17) is 0 Å². The largest absolute Gasteiger partial charge is 0.392 e. The minimum atomic E-state index is -4.23. The highest BCUT2D eigenvalue weighted by Gasteiger charge is 2.47. The lowest BCUT2D eigenvalue weighted by Gasteiger charge is -2.35. The first kappa shape index (κ1) is 16.3. The first-order chi connectivity index (χ1) is 9.93. The van der Waals surface area contributed by atoms with Crippen molar-refractivity contribution in [2.75, 3.05) is 0 Å². The zero-order chi connectivity index (χ0) is 15.5. The lowest BCUT2D eigenvalue weighted by molar-refractivity contribution is -0.206. The summed E-state index contributed by atoms with van der Waals surface area (Å²) >= 11 is 0. The van der Waals surface area contributed by atoms with E-state index in [0.717, 1.165) is 12.8 Å². The van der Waals surface area contributed by atoms with Crippen LogP contribution in [0.3, 0.4) is 0 Å². The van der Waals surface area contributed by atoms with E-state index in [0.29, 0.717) is 25.2 Å². The number of aliphatic hydroxyl groups excluding tert-OH is 1. The Balaban J connectivity index is 2.07. The third-order valence-corrected chi connectivity index (χ3v) is 4.26. The third kappa shape index (κ3) is 3.96. The molecule has 0 spiro atoms. The fourth-order valence-electron chi connectivity index (χ4n) is 3.21. The van der Waals surface area contributed by atoms with E-state index in [1.54, 1.807) is 4.68 Å². The number of aliphatic hydroxyl groups is 1. The topological polar surface area (TPSA) is 50.9 Å². The van der Waals surface area contributed by atoms with Crippen LogP contribution in [0.2, 0.25) is 0 Å². The van der Waals surface area contributed by atoms with Gasteiger partial charge in [0.25, 0.3) is 0 Å². The van der Waals surface area contributed by atoms with Crippen LogP contribution in [-0.2, 0) is 13.0 Å². The van der Waals surface area contributed by atoms with Crippen LogP contribution in [0.4, 0.5) is 13.2 Å². The molecule has 0 saturated heterocycles. The van der Waals surface area contributed by atoms with E-state index in [2.05, 4.69) is 10.1 Å². The van der Waals surface area contributed by atoms with Crippen LogP contribution in [0.5, 0.6) is 0 Å². The van der Waals surface area contributed by atoms with Crippen molar-refractivity contribution in [3.05, 3.63) is 12.2 Å². The van der Waals surface area contributed by atoms with Crippen LogP contribution >= 0.6 is 0 Å². The second kappa shape index (κ2) is 6.77. The summed E-state index contributed by atoms with van der Waals surface area (Å²) in [6.07, 6.45) is -0.992. The summed E-state index contributed by atoms with van der Waals surface area (Å²) in [5.74, 6) is -1.56. The number of halogens is 3. The van der Waals surface area contributed by atoms with Crippen LogP contribution in [0.15, 0.2) is 6.33 Å². The van der Waals surface area contributed by atoms with Crippen LogP contribution < -0.4 is 0 Å². The average Bonchev–Trinajstić information content (AvgIpc) is 2.85. The van der Waals surface area contributed by atoms with Gasteiger partial charge in [-0.15, -0.1) is 0 Å². The summed E-state index contributed by atoms with van der Waals surface area (Å²) in [5.41, 5.74) is 0. The van der Waals surface area contributed by atoms with Crippen LogP contribution in [0.25, 0.3) is 0 Å². The number of hydrogen-bond acceptors (Lipinski definition) is 3. The van der Waals surface area contributed by atoms with E-state index in [1.807, 2.05) is 6.92 Å².